The van der Waals surface area contributed by atoms with Crippen LogP contribution < -0.4 is 19.6 Å². The van der Waals surface area contributed by atoms with Gasteiger partial charge in [-0.1, -0.05) is 18.2 Å². The van der Waals surface area contributed by atoms with E-state index in [1.54, 1.807) is 30.3 Å². The number of benzene rings is 2. The van der Waals surface area contributed by atoms with Gasteiger partial charge in [0.2, 0.25) is 10.0 Å². The van der Waals surface area contributed by atoms with Crippen LogP contribution in [0.4, 0.5) is 5.69 Å². The number of nitrogens with zero attached hydrogens (tertiary/aromatic N) is 1. The van der Waals surface area contributed by atoms with Gasteiger partial charge < -0.3 is 9.47 Å². The second-order valence-corrected chi connectivity index (χ2v) is 6.94. The van der Waals surface area contributed by atoms with Gasteiger partial charge in [0.15, 0.2) is 11.5 Å². The SMILES string of the molecule is COc1cc(NS(C)(=O)=O)c(Oc2ccccc2)cc1C(=O)CNN=O. The molecule has 0 unspecified atom stereocenters. The Morgan fingerprint density at radius 2 is 1.85 bits per heavy atom. The Bertz CT molecular complexity index is 900. The lowest BCUT2D eigenvalue weighted by Crippen LogP contribution is -2.18. The number of carbonyl (C=O) groups excluding carboxylic acids is 1. The van der Waals surface area contributed by atoms with Crippen molar-refractivity contribution >= 4 is 21.5 Å². The van der Waals surface area contributed by atoms with E-state index in [0.29, 0.717) is 5.75 Å². The molecule has 9 nitrogen and oxygen atoms in total. The smallest absolute Gasteiger partial charge is 0.229 e. The molecule has 0 heterocycles. The van der Waals surface area contributed by atoms with Crippen molar-refractivity contribution in [2.45, 2.75) is 0 Å². The van der Waals surface area contributed by atoms with Crippen LogP contribution in [0.25, 0.3) is 0 Å². The second kappa shape index (κ2) is 8.30. The van der Waals surface area contributed by atoms with Crippen LogP contribution in [0, 0.1) is 4.91 Å². The summed E-state index contributed by atoms with van der Waals surface area (Å²) in [6.45, 7) is -0.344. The number of carbonyl (C=O) groups is 1. The zero-order valence-corrected chi connectivity index (χ0v) is 14.9. The fourth-order valence-corrected chi connectivity index (χ4v) is 2.68. The molecular formula is C16H17N3O6S. The Balaban J connectivity index is 2.52. The highest BCUT2D eigenvalue weighted by atomic mass is 32.2. The first-order valence-corrected chi connectivity index (χ1v) is 9.24. The fraction of sp³-hybridized carbons (Fsp3) is 0.188. The van der Waals surface area contributed by atoms with Crippen molar-refractivity contribution in [2.24, 2.45) is 5.29 Å². The largest absolute Gasteiger partial charge is 0.496 e. The molecule has 0 saturated heterocycles. The molecule has 0 amide bonds. The lowest BCUT2D eigenvalue weighted by Gasteiger charge is -2.16. The molecule has 138 valence electrons. The molecule has 2 aromatic carbocycles. The number of sulfonamides is 1. The minimum Gasteiger partial charge on any atom is -0.496 e. The van der Waals surface area contributed by atoms with E-state index in [9.17, 15) is 18.1 Å². The summed E-state index contributed by atoms with van der Waals surface area (Å²) in [4.78, 5) is 22.4. The average Bonchev–Trinajstić information content (AvgIpc) is 2.60. The van der Waals surface area contributed by atoms with Gasteiger partial charge in [0, 0.05) is 6.07 Å². The zero-order valence-electron chi connectivity index (χ0n) is 14.1. The molecule has 0 aliphatic carbocycles. The number of ketones is 1. The number of nitrogens with one attached hydrogen (secondary N) is 2. The monoisotopic (exact) mass is 379 g/mol. The highest BCUT2D eigenvalue weighted by Crippen LogP contribution is 2.36. The highest BCUT2D eigenvalue weighted by molar-refractivity contribution is 7.92. The summed E-state index contributed by atoms with van der Waals surface area (Å²) >= 11 is 0. The van der Waals surface area contributed by atoms with Crippen LogP contribution in [0.1, 0.15) is 10.4 Å². The number of ether oxygens (including phenoxy) is 2. The Kier molecular flexibility index (Phi) is 6.12. The van der Waals surface area contributed by atoms with E-state index in [0.717, 1.165) is 6.26 Å². The fourth-order valence-electron chi connectivity index (χ4n) is 2.13. The van der Waals surface area contributed by atoms with Gasteiger partial charge in [-0.05, 0) is 18.2 Å². The molecule has 0 bridgehead atoms. The lowest BCUT2D eigenvalue weighted by atomic mass is 10.1. The predicted molar refractivity (Wildman–Crippen MR) is 96.1 cm³/mol. The number of anilines is 1. The quantitative estimate of drug-likeness (QED) is 0.389. The molecule has 0 fully saturated rings. The van der Waals surface area contributed by atoms with E-state index in [2.05, 4.69) is 10.0 Å². The molecule has 2 rings (SSSR count). The first-order valence-electron chi connectivity index (χ1n) is 7.35. The molecular weight excluding hydrogens is 362 g/mol. The Morgan fingerprint density at radius 1 is 1.15 bits per heavy atom. The van der Waals surface area contributed by atoms with E-state index < -0.39 is 15.8 Å². The number of methoxy groups -OCH3 is 1. The van der Waals surface area contributed by atoms with Crippen molar-refractivity contribution in [1.29, 1.82) is 0 Å². The van der Waals surface area contributed by atoms with Crippen molar-refractivity contribution in [3.8, 4) is 17.2 Å². The third-order valence-corrected chi connectivity index (χ3v) is 3.76. The summed E-state index contributed by atoms with van der Waals surface area (Å²) < 4.78 is 36.5. The van der Waals surface area contributed by atoms with E-state index in [4.69, 9.17) is 9.47 Å². The molecule has 0 radical (unpaired) electrons. The summed E-state index contributed by atoms with van der Waals surface area (Å²) in [5.41, 5.74) is 2.24. The molecule has 2 aromatic rings. The van der Waals surface area contributed by atoms with E-state index in [1.165, 1.54) is 19.2 Å². The predicted octanol–water partition coefficient (Wildman–Crippen LogP) is 2.31. The van der Waals surface area contributed by atoms with Gasteiger partial charge in [0.05, 0.1) is 36.4 Å². The summed E-state index contributed by atoms with van der Waals surface area (Å²) in [5, 5.41) is 2.43. The van der Waals surface area contributed by atoms with Crippen molar-refractivity contribution in [3.05, 3.63) is 52.9 Å². The van der Waals surface area contributed by atoms with Crippen molar-refractivity contribution in [3.63, 3.8) is 0 Å². The second-order valence-electron chi connectivity index (χ2n) is 5.19. The molecule has 0 aromatic heterocycles. The van der Waals surface area contributed by atoms with Crippen LogP contribution in [0.3, 0.4) is 0 Å². The van der Waals surface area contributed by atoms with Crippen LogP contribution in [0.5, 0.6) is 17.2 Å². The van der Waals surface area contributed by atoms with Crippen LogP contribution in [-0.4, -0.2) is 34.1 Å². The number of nitroso groups, excluding NO2 is 1. The van der Waals surface area contributed by atoms with Gasteiger partial charge in [-0.15, -0.1) is 4.91 Å². The molecule has 0 aliphatic heterocycles. The summed E-state index contributed by atoms with van der Waals surface area (Å²) in [6, 6.07) is 11.3. The lowest BCUT2D eigenvalue weighted by molar-refractivity contribution is 0.0988. The summed E-state index contributed by atoms with van der Waals surface area (Å²) in [7, 11) is -2.27. The number of hydrogen-bond donors (Lipinski definition) is 2. The number of Topliss-reactive ketones (excluding diaryl/α,β-unsaturated/α-hetero) is 1. The minimum atomic E-state index is -3.60. The Labute approximate surface area is 150 Å². The van der Waals surface area contributed by atoms with Gasteiger partial charge in [0.25, 0.3) is 0 Å². The summed E-state index contributed by atoms with van der Waals surface area (Å²) in [5.74, 6) is 0.185. The standard InChI is InChI=1S/C16H17N3O6S/c1-24-15-9-13(18-26(2,22)23)16(25-11-6-4-3-5-7-11)8-12(15)14(20)10-17-19-21/h3-9,18H,10H2,1-2H3,(H,17,21). The number of rotatable bonds is 9. The Hall–Kier alpha value is -3.14. The average molecular weight is 379 g/mol. The molecule has 10 heteroatoms. The summed E-state index contributed by atoms with van der Waals surface area (Å²) in [6.07, 6.45) is 0.991. The maximum Gasteiger partial charge on any atom is 0.229 e. The van der Waals surface area contributed by atoms with Gasteiger partial charge in [-0.25, -0.2) is 8.42 Å². The van der Waals surface area contributed by atoms with Crippen molar-refractivity contribution < 1.29 is 22.7 Å². The molecule has 0 spiro atoms. The van der Waals surface area contributed by atoms with Gasteiger partial charge in [0.1, 0.15) is 11.5 Å². The first-order chi connectivity index (χ1) is 12.3. The number of para-hydroxylation sites is 1. The zero-order chi connectivity index (χ0) is 19.2. The van der Waals surface area contributed by atoms with E-state index >= 15 is 0 Å². The van der Waals surface area contributed by atoms with E-state index in [-0.39, 0.29) is 29.3 Å². The van der Waals surface area contributed by atoms with Crippen LogP contribution >= 0.6 is 0 Å². The van der Waals surface area contributed by atoms with Gasteiger partial charge in [-0.2, -0.15) is 0 Å². The van der Waals surface area contributed by atoms with Crippen LogP contribution in [0.2, 0.25) is 0 Å². The molecule has 0 saturated carbocycles. The Morgan fingerprint density at radius 3 is 2.42 bits per heavy atom. The van der Waals surface area contributed by atoms with Crippen LogP contribution in [-0.2, 0) is 10.0 Å². The van der Waals surface area contributed by atoms with Gasteiger partial charge in [-0.3, -0.25) is 14.9 Å². The van der Waals surface area contributed by atoms with Crippen LogP contribution in [0.15, 0.2) is 47.8 Å². The maximum absolute atomic E-state index is 12.2. The third kappa shape index (κ3) is 5.18. The minimum absolute atomic E-state index is 0.102. The van der Waals surface area contributed by atoms with Crippen molar-refractivity contribution in [2.75, 3.05) is 24.6 Å². The molecule has 26 heavy (non-hydrogen) atoms. The normalized spacial score (nSPS) is 10.7. The third-order valence-electron chi connectivity index (χ3n) is 3.17. The van der Waals surface area contributed by atoms with E-state index in [1.807, 2.05) is 5.43 Å². The molecule has 0 atom stereocenters. The maximum atomic E-state index is 12.2. The highest BCUT2D eigenvalue weighted by Gasteiger charge is 2.19. The molecule has 0 aliphatic rings. The topological polar surface area (TPSA) is 123 Å². The molecule has 2 N–H and O–H groups in total. The van der Waals surface area contributed by atoms with Gasteiger partial charge >= 0.3 is 0 Å². The van der Waals surface area contributed by atoms with Crippen molar-refractivity contribution in [1.82, 2.24) is 5.43 Å². The number of hydrogen-bond acceptors (Lipinski definition) is 7. The first kappa shape index (κ1) is 19.2.